The highest BCUT2D eigenvalue weighted by Crippen LogP contribution is 1.97. The summed E-state index contributed by atoms with van der Waals surface area (Å²) in [5.41, 5.74) is 1.02. The van der Waals surface area contributed by atoms with Crippen molar-refractivity contribution in [2.45, 2.75) is 6.54 Å². The summed E-state index contributed by atoms with van der Waals surface area (Å²) in [6.45, 7) is 4.09. The van der Waals surface area contributed by atoms with E-state index in [0.29, 0.717) is 13.1 Å². The van der Waals surface area contributed by atoms with Gasteiger partial charge in [-0.05, 0) is 11.6 Å². The largest absolute Gasteiger partial charge is 0.379 e. The Morgan fingerprint density at radius 3 is 3.00 bits per heavy atom. The normalized spacial score (nSPS) is 16.7. The Hall–Kier alpha value is -1.46. The lowest BCUT2D eigenvalue weighted by molar-refractivity contribution is -0.123. The molecule has 0 unspecified atom stereocenters. The molecule has 1 aliphatic rings. The summed E-state index contributed by atoms with van der Waals surface area (Å²) in [5, 5.41) is 2.88. The summed E-state index contributed by atoms with van der Waals surface area (Å²) < 4.78 is 5.23. The first-order valence-electron chi connectivity index (χ1n) is 5.80. The molecule has 0 aromatic carbocycles. The number of morpholine rings is 1. The van der Waals surface area contributed by atoms with Crippen molar-refractivity contribution < 1.29 is 9.53 Å². The fraction of sp³-hybridized carbons (Fsp3) is 0.500. The lowest BCUT2D eigenvalue weighted by atomic mass is 10.3. The van der Waals surface area contributed by atoms with Crippen LogP contribution in [-0.4, -0.2) is 48.6 Å². The molecule has 1 amide bonds. The molecule has 17 heavy (non-hydrogen) atoms. The van der Waals surface area contributed by atoms with Crippen molar-refractivity contribution in [3.8, 4) is 0 Å². The van der Waals surface area contributed by atoms with Crippen molar-refractivity contribution in [1.29, 1.82) is 0 Å². The predicted octanol–water partition coefficient (Wildman–Crippen LogP) is 0.0300. The molecule has 1 saturated heterocycles. The first-order chi connectivity index (χ1) is 8.34. The average molecular weight is 235 g/mol. The van der Waals surface area contributed by atoms with Crippen molar-refractivity contribution in [2.75, 3.05) is 32.8 Å². The van der Waals surface area contributed by atoms with Crippen molar-refractivity contribution in [3.63, 3.8) is 0 Å². The van der Waals surface area contributed by atoms with Crippen LogP contribution in [0, 0.1) is 0 Å². The lowest BCUT2D eigenvalue weighted by Gasteiger charge is -2.25. The summed E-state index contributed by atoms with van der Waals surface area (Å²) in [6, 6.07) is 3.81. The van der Waals surface area contributed by atoms with Crippen molar-refractivity contribution in [1.82, 2.24) is 15.2 Å². The van der Waals surface area contributed by atoms with Gasteiger partial charge in [0.05, 0.1) is 19.8 Å². The zero-order valence-electron chi connectivity index (χ0n) is 9.76. The van der Waals surface area contributed by atoms with Crippen LogP contribution in [0.5, 0.6) is 0 Å². The maximum atomic E-state index is 11.7. The fourth-order valence-corrected chi connectivity index (χ4v) is 1.72. The number of aromatic nitrogens is 1. The topological polar surface area (TPSA) is 54.5 Å². The molecule has 0 bridgehead atoms. The highest BCUT2D eigenvalue weighted by atomic mass is 16.5. The van der Waals surface area contributed by atoms with Crippen LogP contribution in [0.15, 0.2) is 24.5 Å². The highest BCUT2D eigenvalue weighted by Gasteiger charge is 2.13. The van der Waals surface area contributed by atoms with Gasteiger partial charge in [-0.1, -0.05) is 6.07 Å². The zero-order valence-corrected chi connectivity index (χ0v) is 9.76. The Morgan fingerprint density at radius 2 is 2.29 bits per heavy atom. The molecule has 2 rings (SSSR count). The number of amides is 1. The van der Waals surface area contributed by atoms with E-state index in [1.807, 2.05) is 12.1 Å². The summed E-state index contributed by atoms with van der Waals surface area (Å²) >= 11 is 0. The summed E-state index contributed by atoms with van der Waals surface area (Å²) in [6.07, 6.45) is 3.48. The minimum absolute atomic E-state index is 0.0516. The van der Waals surface area contributed by atoms with Crippen molar-refractivity contribution >= 4 is 5.91 Å². The molecule has 0 spiro atoms. The molecule has 1 N–H and O–H groups in total. The van der Waals surface area contributed by atoms with E-state index in [0.717, 1.165) is 31.9 Å². The molecule has 2 heterocycles. The van der Waals surface area contributed by atoms with Crippen molar-refractivity contribution in [2.24, 2.45) is 0 Å². The van der Waals surface area contributed by atoms with E-state index in [4.69, 9.17) is 4.74 Å². The van der Waals surface area contributed by atoms with Crippen LogP contribution < -0.4 is 5.32 Å². The number of carbonyl (C=O) groups excluding carboxylic acids is 1. The minimum Gasteiger partial charge on any atom is -0.379 e. The van der Waals surface area contributed by atoms with Gasteiger partial charge in [-0.2, -0.15) is 0 Å². The Labute approximate surface area is 101 Å². The Kier molecular flexibility index (Phi) is 4.46. The van der Waals surface area contributed by atoms with Gasteiger partial charge in [-0.3, -0.25) is 14.7 Å². The monoisotopic (exact) mass is 235 g/mol. The summed E-state index contributed by atoms with van der Waals surface area (Å²) in [7, 11) is 0. The zero-order chi connectivity index (χ0) is 11.9. The van der Waals surface area contributed by atoms with Gasteiger partial charge >= 0.3 is 0 Å². The predicted molar refractivity (Wildman–Crippen MR) is 63.3 cm³/mol. The Bertz CT molecular complexity index is 350. The van der Waals surface area contributed by atoms with Gasteiger partial charge in [0, 0.05) is 32.0 Å². The molecule has 1 aromatic heterocycles. The van der Waals surface area contributed by atoms with Crippen LogP contribution in [0.3, 0.4) is 0 Å². The third-order valence-corrected chi connectivity index (χ3v) is 2.68. The van der Waals surface area contributed by atoms with Gasteiger partial charge in [0.15, 0.2) is 0 Å². The molecule has 0 aliphatic carbocycles. The lowest BCUT2D eigenvalue weighted by Crippen LogP contribution is -2.43. The molecule has 1 fully saturated rings. The molecule has 92 valence electrons. The minimum atomic E-state index is 0.0516. The number of carbonyl (C=O) groups is 1. The average Bonchev–Trinajstić information content (AvgIpc) is 2.39. The second kappa shape index (κ2) is 6.32. The first-order valence-corrected chi connectivity index (χ1v) is 5.80. The third-order valence-electron chi connectivity index (χ3n) is 2.68. The number of nitrogens with zero attached hydrogens (tertiary/aromatic N) is 2. The van der Waals surface area contributed by atoms with Gasteiger partial charge in [0.2, 0.25) is 5.91 Å². The second-order valence-electron chi connectivity index (χ2n) is 4.03. The van der Waals surface area contributed by atoms with Gasteiger partial charge < -0.3 is 10.1 Å². The number of rotatable bonds is 4. The molecule has 1 aromatic rings. The number of nitrogens with one attached hydrogen (secondary N) is 1. The van der Waals surface area contributed by atoms with Crippen LogP contribution in [0.25, 0.3) is 0 Å². The van der Waals surface area contributed by atoms with E-state index in [-0.39, 0.29) is 5.91 Å². The number of pyridine rings is 1. The van der Waals surface area contributed by atoms with Crippen LogP contribution >= 0.6 is 0 Å². The van der Waals surface area contributed by atoms with E-state index < -0.39 is 0 Å². The van der Waals surface area contributed by atoms with Gasteiger partial charge in [0.1, 0.15) is 0 Å². The SMILES string of the molecule is O=C(CN1CCOCC1)NCc1cccnc1. The van der Waals surface area contributed by atoms with Crippen LogP contribution in [0.2, 0.25) is 0 Å². The first kappa shape index (κ1) is 12.0. The number of ether oxygens (including phenoxy) is 1. The Morgan fingerprint density at radius 1 is 1.47 bits per heavy atom. The van der Waals surface area contributed by atoms with Gasteiger partial charge in [-0.25, -0.2) is 0 Å². The van der Waals surface area contributed by atoms with E-state index in [9.17, 15) is 4.79 Å². The maximum Gasteiger partial charge on any atom is 0.234 e. The fourth-order valence-electron chi connectivity index (χ4n) is 1.72. The maximum absolute atomic E-state index is 11.7. The summed E-state index contributed by atoms with van der Waals surface area (Å²) in [4.78, 5) is 17.8. The van der Waals surface area contributed by atoms with Gasteiger partial charge in [0.25, 0.3) is 0 Å². The molecule has 0 radical (unpaired) electrons. The molecule has 5 nitrogen and oxygen atoms in total. The van der Waals surface area contributed by atoms with E-state index >= 15 is 0 Å². The highest BCUT2D eigenvalue weighted by molar-refractivity contribution is 5.78. The molecule has 0 atom stereocenters. The Balaban J connectivity index is 1.70. The van der Waals surface area contributed by atoms with E-state index in [1.165, 1.54) is 0 Å². The van der Waals surface area contributed by atoms with Crippen LogP contribution in [0.1, 0.15) is 5.56 Å². The smallest absolute Gasteiger partial charge is 0.234 e. The van der Waals surface area contributed by atoms with Crippen LogP contribution in [0.4, 0.5) is 0 Å². The summed E-state index contributed by atoms with van der Waals surface area (Å²) in [5.74, 6) is 0.0516. The van der Waals surface area contributed by atoms with Crippen LogP contribution in [-0.2, 0) is 16.1 Å². The standard InChI is InChI=1S/C12H17N3O2/c16-12(10-15-4-6-17-7-5-15)14-9-11-2-1-3-13-8-11/h1-3,8H,4-7,9-10H2,(H,14,16). The molecule has 5 heteroatoms. The molecule has 0 saturated carbocycles. The van der Waals surface area contributed by atoms with Crippen molar-refractivity contribution in [3.05, 3.63) is 30.1 Å². The number of hydrogen-bond donors (Lipinski definition) is 1. The molecule has 1 aliphatic heterocycles. The molecular formula is C12H17N3O2. The van der Waals surface area contributed by atoms with Gasteiger partial charge in [-0.15, -0.1) is 0 Å². The molecular weight excluding hydrogens is 218 g/mol. The van der Waals surface area contributed by atoms with E-state index in [1.54, 1.807) is 12.4 Å². The quantitative estimate of drug-likeness (QED) is 0.800. The number of hydrogen-bond acceptors (Lipinski definition) is 4. The van der Waals surface area contributed by atoms with E-state index in [2.05, 4.69) is 15.2 Å². The third kappa shape index (κ3) is 4.13. The second-order valence-corrected chi connectivity index (χ2v) is 4.03.